The van der Waals surface area contributed by atoms with Gasteiger partial charge in [0.2, 0.25) is 0 Å². The van der Waals surface area contributed by atoms with Gasteiger partial charge in [-0.3, -0.25) is 5.32 Å². The Morgan fingerprint density at radius 2 is 1.95 bits per heavy atom. The average Bonchev–Trinajstić information content (AvgIpc) is 2.48. The van der Waals surface area contributed by atoms with Gasteiger partial charge < -0.3 is 9.47 Å². The van der Waals surface area contributed by atoms with E-state index in [0.29, 0.717) is 11.3 Å². The normalized spacial score (nSPS) is 9.76. The number of hydrogen-bond acceptors (Lipinski definition) is 5. The van der Waals surface area contributed by atoms with Crippen molar-refractivity contribution in [1.29, 1.82) is 0 Å². The quantitative estimate of drug-likeness (QED) is 0.874. The number of rotatable bonds is 4. The molecule has 0 aliphatic carbocycles. The summed E-state index contributed by atoms with van der Waals surface area (Å²) in [6, 6.07) is 11.6. The molecule has 21 heavy (non-hydrogen) atoms. The van der Waals surface area contributed by atoms with Crippen molar-refractivity contribution in [2.45, 2.75) is 6.92 Å². The minimum atomic E-state index is -0.685. The highest BCUT2D eigenvalue weighted by Crippen LogP contribution is 2.12. The lowest BCUT2D eigenvalue weighted by Crippen LogP contribution is -2.18. The molecule has 0 unspecified atom stereocenters. The number of ether oxygens (including phenoxy) is 2. The van der Waals surface area contributed by atoms with Crippen LogP contribution in [-0.2, 0) is 4.74 Å². The number of hydrogen-bond donors (Lipinski definition) is 1. The Labute approximate surface area is 121 Å². The summed E-state index contributed by atoms with van der Waals surface area (Å²) in [4.78, 5) is 27.2. The molecule has 6 heteroatoms. The molecule has 0 radical (unpaired) electrons. The summed E-state index contributed by atoms with van der Waals surface area (Å²) in [5, 5.41) is 2.45. The van der Waals surface area contributed by atoms with Gasteiger partial charge in [0.15, 0.2) is 0 Å². The van der Waals surface area contributed by atoms with Crippen LogP contribution in [0.3, 0.4) is 0 Å². The van der Waals surface area contributed by atoms with E-state index in [1.165, 1.54) is 18.3 Å². The maximum atomic E-state index is 11.7. The average molecular weight is 286 g/mol. The highest BCUT2D eigenvalue weighted by molar-refractivity contribution is 5.92. The lowest BCUT2D eigenvalue weighted by atomic mass is 10.2. The Kier molecular flexibility index (Phi) is 4.87. The summed E-state index contributed by atoms with van der Waals surface area (Å²) in [7, 11) is 0. The van der Waals surface area contributed by atoms with Crippen molar-refractivity contribution < 1.29 is 19.1 Å². The summed E-state index contributed by atoms with van der Waals surface area (Å²) in [5.41, 5.74) is 0.307. The van der Waals surface area contributed by atoms with E-state index in [0.717, 1.165) is 0 Å². The topological polar surface area (TPSA) is 77.5 Å². The molecule has 1 heterocycles. The van der Waals surface area contributed by atoms with Crippen LogP contribution in [0.5, 0.6) is 5.75 Å². The number of esters is 1. The maximum absolute atomic E-state index is 11.7. The summed E-state index contributed by atoms with van der Waals surface area (Å²) >= 11 is 0. The van der Waals surface area contributed by atoms with Crippen molar-refractivity contribution in [3.8, 4) is 5.75 Å². The molecule has 1 aromatic heterocycles. The maximum Gasteiger partial charge on any atom is 0.418 e. The third kappa shape index (κ3) is 4.31. The fraction of sp³-hybridized carbons (Fsp3) is 0.133. The molecule has 6 nitrogen and oxygen atoms in total. The molecule has 0 spiro atoms. The van der Waals surface area contributed by atoms with Crippen LogP contribution in [-0.4, -0.2) is 23.7 Å². The molecule has 2 rings (SSSR count). The molecule has 1 N–H and O–H groups in total. The van der Waals surface area contributed by atoms with E-state index in [1.807, 2.05) is 6.07 Å². The van der Waals surface area contributed by atoms with Crippen LogP contribution in [0.2, 0.25) is 0 Å². The zero-order chi connectivity index (χ0) is 15.1. The Hall–Kier alpha value is -2.89. The Morgan fingerprint density at radius 1 is 1.19 bits per heavy atom. The molecule has 1 amide bonds. The number of para-hydroxylation sites is 1. The van der Waals surface area contributed by atoms with Crippen molar-refractivity contribution in [2.24, 2.45) is 0 Å². The van der Waals surface area contributed by atoms with E-state index in [4.69, 9.17) is 9.47 Å². The second kappa shape index (κ2) is 7.04. The molecule has 1 aromatic carbocycles. The third-order valence-corrected chi connectivity index (χ3v) is 2.45. The number of aromatic nitrogens is 1. The van der Waals surface area contributed by atoms with E-state index in [-0.39, 0.29) is 12.4 Å². The zero-order valence-electron chi connectivity index (χ0n) is 11.4. The SMILES string of the molecule is CCOC(=O)c1ccnc(NC(=O)Oc2ccccc2)c1. The lowest BCUT2D eigenvalue weighted by Gasteiger charge is -2.07. The van der Waals surface area contributed by atoms with Crippen molar-refractivity contribution in [3.05, 3.63) is 54.2 Å². The largest absolute Gasteiger partial charge is 0.462 e. The Bertz CT molecular complexity index is 629. The zero-order valence-corrected chi connectivity index (χ0v) is 11.4. The summed E-state index contributed by atoms with van der Waals surface area (Å²) in [5.74, 6) is 0.150. The minimum absolute atomic E-state index is 0.210. The molecule has 0 fully saturated rings. The molecule has 0 aliphatic heterocycles. The minimum Gasteiger partial charge on any atom is -0.462 e. The van der Waals surface area contributed by atoms with Gasteiger partial charge in [0, 0.05) is 6.20 Å². The number of nitrogens with zero attached hydrogens (tertiary/aromatic N) is 1. The first-order chi connectivity index (χ1) is 10.2. The highest BCUT2D eigenvalue weighted by Gasteiger charge is 2.10. The lowest BCUT2D eigenvalue weighted by molar-refractivity contribution is 0.0526. The summed E-state index contributed by atoms with van der Waals surface area (Å²) in [6.45, 7) is 2.00. The van der Waals surface area contributed by atoms with Crippen LogP contribution < -0.4 is 10.1 Å². The predicted molar refractivity (Wildman–Crippen MR) is 76.3 cm³/mol. The fourth-order valence-corrected chi connectivity index (χ4v) is 1.57. The van der Waals surface area contributed by atoms with Gasteiger partial charge in [-0.25, -0.2) is 14.6 Å². The summed E-state index contributed by atoms with van der Waals surface area (Å²) in [6.07, 6.45) is 0.722. The first kappa shape index (κ1) is 14.5. The van der Waals surface area contributed by atoms with Gasteiger partial charge in [-0.15, -0.1) is 0 Å². The van der Waals surface area contributed by atoms with E-state index in [1.54, 1.807) is 31.2 Å². The smallest absolute Gasteiger partial charge is 0.418 e. The van der Waals surface area contributed by atoms with E-state index >= 15 is 0 Å². The highest BCUT2D eigenvalue weighted by atomic mass is 16.6. The van der Waals surface area contributed by atoms with Gasteiger partial charge in [0.25, 0.3) is 0 Å². The number of anilines is 1. The molecule has 0 atom stereocenters. The second-order valence-electron chi connectivity index (χ2n) is 3.98. The fourth-order valence-electron chi connectivity index (χ4n) is 1.57. The van der Waals surface area contributed by atoms with Gasteiger partial charge in [-0.1, -0.05) is 18.2 Å². The van der Waals surface area contributed by atoms with Gasteiger partial charge >= 0.3 is 12.1 Å². The van der Waals surface area contributed by atoms with Crippen LogP contribution in [0.4, 0.5) is 10.6 Å². The first-order valence-electron chi connectivity index (χ1n) is 6.36. The van der Waals surface area contributed by atoms with E-state index < -0.39 is 12.1 Å². The van der Waals surface area contributed by atoms with Crippen LogP contribution in [0.25, 0.3) is 0 Å². The number of pyridine rings is 1. The predicted octanol–water partition coefficient (Wildman–Crippen LogP) is 2.87. The van der Waals surface area contributed by atoms with Crippen LogP contribution >= 0.6 is 0 Å². The first-order valence-corrected chi connectivity index (χ1v) is 6.36. The van der Waals surface area contributed by atoms with Crippen molar-refractivity contribution in [3.63, 3.8) is 0 Å². The third-order valence-electron chi connectivity index (χ3n) is 2.45. The molecule has 0 saturated carbocycles. The van der Waals surface area contributed by atoms with Crippen LogP contribution in [0.1, 0.15) is 17.3 Å². The standard InChI is InChI=1S/C15H14N2O4/c1-2-20-14(18)11-8-9-16-13(10-11)17-15(19)21-12-6-4-3-5-7-12/h3-10H,2H2,1H3,(H,16,17,19). The second-order valence-corrected chi connectivity index (χ2v) is 3.98. The number of carbonyl (C=O) groups is 2. The molecule has 2 aromatic rings. The number of nitrogens with one attached hydrogen (secondary N) is 1. The van der Waals surface area contributed by atoms with Crippen molar-refractivity contribution in [2.75, 3.05) is 11.9 Å². The number of amides is 1. The molecule has 0 saturated heterocycles. The molecule has 0 aliphatic rings. The Morgan fingerprint density at radius 3 is 2.67 bits per heavy atom. The van der Waals surface area contributed by atoms with Crippen molar-refractivity contribution >= 4 is 17.9 Å². The molecular weight excluding hydrogens is 272 g/mol. The van der Waals surface area contributed by atoms with Gasteiger partial charge in [0.1, 0.15) is 11.6 Å². The number of benzene rings is 1. The van der Waals surface area contributed by atoms with Gasteiger partial charge in [0.05, 0.1) is 12.2 Å². The van der Waals surface area contributed by atoms with Gasteiger partial charge in [-0.05, 0) is 31.2 Å². The Balaban J connectivity index is 2.01. The van der Waals surface area contributed by atoms with Gasteiger partial charge in [-0.2, -0.15) is 0 Å². The monoisotopic (exact) mass is 286 g/mol. The summed E-state index contributed by atoms with van der Waals surface area (Å²) < 4.78 is 9.93. The molecular formula is C15H14N2O4. The van der Waals surface area contributed by atoms with Crippen molar-refractivity contribution in [1.82, 2.24) is 4.98 Å². The van der Waals surface area contributed by atoms with E-state index in [9.17, 15) is 9.59 Å². The molecule has 0 bridgehead atoms. The number of carbonyl (C=O) groups excluding carboxylic acids is 2. The van der Waals surface area contributed by atoms with E-state index in [2.05, 4.69) is 10.3 Å². The molecule has 108 valence electrons. The van der Waals surface area contributed by atoms with Crippen LogP contribution in [0.15, 0.2) is 48.7 Å². The van der Waals surface area contributed by atoms with Crippen LogP contribution in [0, 0.1) is 0 Å².